The molecule has 1 amide bonds. The third kappa shape index (κ3) is 3.19. The Morgan fingerprint density at radius 1 is 1.58 bits per heavy atom. The van der Waals surface area contributed by atoms with Crippen molar-refractivity contribution in [3.8, 4) is 0 Å². The van der Waals surface area contributed by atoms with Crippen LogP contribution in [0.15, 0.2) is 12.1 Å². The molecular weight excluding hydrogens is 294 g/mol. The zero-order chi connectivity index (χ0) is 14.0. The van der Waals surface area contributed by atoms with Crippen molar-refractivity contribution < 1.29 is 13.6 Å². The molecule has 0 bridgehead atoms. The highest BCUT2D eigenvalue weighted by molar-refractivity contribution is 7.97. The average molecular weight is 307 g/mol. The predicted octanol–water partition coefficient (Wildman–Crippen LogP) is 2.59. The fourth-order valence-electron chi connectivity index (χ4n) is 1.88. The third-order valence-electron chi connectivity index (χ3n) is 3.00. The lowest BCUT2D eigenvalue weighted by Gasteiger charge is -2.17. The lowest BCUT2D eigenvalue weighted by Crippen LogP contribution is -2.39. The number of amides is 1. The number of nitrogens with zero attached hydrogens (tertiary/aromatic N) is 1. The molecule has 2 rings (SSSR count). The van der Waals surface area contributed by atoms with Gasteiger partial charge in [0.1, 0.15) is 0 Å². The topological polar surface area (TPSA) is 32.3 Å². The first-order valence-corrected chi connectivity index (χ1v) is 7.08. The maximum absolute atomic E-state index is 13.2. The summed E-state index contributed by atoms with van der Waals surface area (Å²) >= 11 is 7.29. The second-order valence-corrected chi connectivity index (χ2v) is 5.86. The van der Waals surface area contributed by atoms with Crippen LogP contribution in [0.3, 0.4) is 0 Å². The number of rotatable bonds is 3. The molecule has 1 aliphatic rings. The highest BCUT2D eigenvalue weighted by Crippen LogP contribution is 2.25. The molecule has 104 valence electrons. The molecule has 19 heavy (non-hydrogen) atoms. The molecular formula is C12H13ClF2N2OS. The minimum absolute atomic E-state index is 0.0872. The van der Waals surface area contributed by atoms with Crippen molar-refractivity contribution in [2.75, 3.05) is 12.8 Å². The van der Waals surface area contributed by atoms with Gasteiger partial charge in [-0.25, -0.2) is 13.1 Å². The van der Waals surface area contributed by atoms with E-state index in [1.165, 1.54) is 6.07 Å². The summed E-state index contributed by atoms with van der Waals surface area (Å²) < 4.78 is 28.0. The van der Waals surface area contributed by atoms with Crippen molar-refractivity contribution in [2.24, 2.45) is 0 Å². The van der Waals surface area contributed by atoms with Crippen molar-refractivity contribution >= 4 is 29.5 Å². The fourth-order valence-corrected chi connectivity index (χ4v) is 3.10. The zero-order valence-corrected chi connectivity index (χ0v) is 11.8. The number of hydrogen-bond acceptors (Lipinski definition) is 3. The Bertz CT molecular complexity index is 501. The minimum atomic E-state index is -1.08. The third-order valence-corrected chi connectivity index (χ3v) is 4.48. The van der Waals surface area contributed by atoms with E-state index in [2.05, 4.69) is 5.32 Å². The molecule has 1 aromatic carbocycles. The number of hydrogen-bond donors (Lipinski definition) is 1. The molecule has 3 nitrogen and oxygen atoms in total. The predicted molar refractivity (Wildman–Crippen MR) is 71.8 cm³/mol. The van der Waals surface area contributed by atoms with Gasteiger partial charge < -0.3 is 5.32 Å². The zero-order valence-electron chi connectivity index (χ0n) is 10.3. The first-order chi connectivity index (χ1) is 9.00. The summed E-state index contributed by atoms with van der Waals surface area (Å²) in [6.45, 7) is 0.0872. The minimum Gasteiger partial charge on any atom is -0.351 e. The summed E-state index contributed by atoms with van der Waals surface area (Å²) in [5.41, 5.74) is 0.363. The van der Waals surface area contributed by atoms with Crippen LogP contribution in [0.5, 0.6) is 0 Å². The monoisotopic (exact) mass is 306 g/mol. The van der Waals surface area contributed by atoms with Gasteiger partial charge in [-0.15, -0.1) is 0 Å². The highest BCUT2D eigenvalue weighted by atomic mass is 35.5. The molecule has 1 aliphatic heterocycles. The Labute approximate surface area is 119 Å². The Morgan fingerprint density at radius 3 is 2.95 bits per heavy atom. The largest absolute Gasteiger partial charge is 0.351 e. The molecule has 0 radical (unpaired) electrons. The van der Waals surface area contributed by atoms with Crippen LogP contribution in [0, 0.1) is 11.6 Å². The second kappa shape index (κ2) is 6.07. The standard InChI is InChI=1S/C12H13ClF2N2OS/c1-17-9(4-5-19-17)12(18)16-6-7-2-3-8(14)11(15)10(7)13/h2-3,9H,4-6H2,1H3,(H,16,18). The van der Waals surface area contributed by atoms with Crippen molar-refractivity contribution in [3.63, 3.8) is 0 Å². The van der Waals surface area contributed by atoms with Gasteiger partial charge in [0.2, 0.25) is 5.91 Å². The second-order valence-electron chi connectivity index (χ2n) is 4.24. The van der Waals surface area contributed by atoms with Crippen LogP contribution in [-0.4, -0.2) is 29.1 Å². The van der Waals surface area contributed by atoms with Crippen molar-refractivity contribution in [1.82, 2.24) is 9.62 Å². The summed E-state index contributed by atoms with van der Waals surface area (Å²) in [6.07, 6.45) is 0.776. The van der Waals surface area contributed by atoms with Gasteiger partial charge in [0, 0.05) is 12.3 Å². The van der Waals surface area contributed by atoms with E-state index in [4.69, 9.17) is 11.6 Å². The Kier molecular flexibility index (Phi) is 4.65. The van der Waals surface area contributed by atoms with Gasteiger partial charge in [0.05, 0.1) is 11.1 Å². The maximum Gasteiger partial charge on any atom is 0.238 e. The van der Waals surface area contributed by atoms with E-state index in [9.17, 15) is 13.6 Å². The maximum atomic E-state index is 13.2. The summed E-state index contributed by atoms with van der Waals surface area (Å²) in [4.78, 5) is 11.9. The van der Waals surface area contributed by atoms with Crippen LogP contribution in [-0.2, 0) is 11.3 Å². The average Bonchev–Trinajstić information content (AvgIpc) is 2.81. The van der Waals surface area contributed by atoms with E-state index in [1.54, 1.807) is 11.9 Å². The Balaban J connectivity index is 1.99. The number of likely N-dealkylation sites (N-methyl/N-ethyl adjacent to an activating group) is 1. The molecule has 1 heterocycles. The first-order valence-electron chi connectivity index (χ1n) is 5.76. The molecule has 7 heteroatoms. The van der Waals surface area contributed by atoms with E-state index in [0.717, 1.165) is 18.2 Å². The molecule has 1 N–H and O–H groups in total. The summed E-state index contributed by atoms with van der Waals surface area (Å²) in [7, 11) is 1.85. The Hall–Kier alpha value is -0.850. The molecule has 0 aliphatic carbocycles. The van der Waals surface area contributed by atoms with Crippen LogP contribution >= 0.6 is 23.5 Å². The van der Waals surface area contributed by atoms with Gasteiger partial charge in [0.15, 0.2) is 11.6 Å². The van der Waals surface area contributed by atoms with Crippen molar-refractivity contribution in [2.45, 2.75) is 19.0 Å². The van der Waals surface area contributed by atoms with Gasteiger partial charge in [-0.3, -0.25) is 4.79 Å². The van der Waals surface area contributed by atoms with E-state index in [0.29, 0.717) is 5.56 Å². The molecule has 1 saturated heterocycles. The van der Waals surface area contributed by atoms with Crippen LogP contribution in [0.2, 0.25) is 5.02 Å². The van der Waals surface area contributed by atoms with Gasteiger partial charge in [-0.2, -0.15) is 0 Å². The molecule has 1 unspecified atom stereocenters. The van der Waals surface area contributed by atoms with Crippen LogP contribution in [0.25, 0.3) is 0 Å². The number of halogens is 3. The van der Waals surface area contributed by atoms with E-state index in [-0.39, 0.29) is 23.5 Å². The van der Waals surface area contributed by atoms with Crippen molar-refractivity contribution in [1.29, 1.82) is 0 Å². The normalized spacial score (nSPS) is 19.7. The SMILES string of the molecule is CN1SCCC1C(=O)NCc1ccc(F)c(F)c1Cl. The highest BCUT2D eigenvalue weighted by Gasteiger charge is 2.28. The van der Waals surface area contributed by atoms with Gasteiger partial charge in [0.25, 0.3) is 0 Å². The Morgan fingerprint density at radius 2 is 2.32 bits per heavy atom. The summed E-state index contributed by atoms with van der Waals surface area (Å²) in [6, 6.07) is 2.18. The number of carbonyl (C=O) groups excluding carboxylic acids is 1. The summed E-state index contributed by atoms with van der Waals surface area (Å²) in [5.74, 6) is -1.30. The van der Waals surface area contributed by atoms with Crippen LogP contribution in [0.1, 0.15) is 12.0 Å². The van der Waals surface area contributed by atoms with Gasteiger partial charge in [-0.1, -0.05) is 29.6 Å². The molecule has 1 atom stereocenters. The fraction of sp³-hybridized carbons (Fsp3) is 0.417. The van der Waals surface area contributed by atoms with Crippen LogP contribution in [0.4, 0.5) is 8.78 Å². The van der Waals surface area contributed by atoms with E-state index >= 15 is 0 Å². The lowest BCUT2D eigenvalue weighted by atomic mass is 10.2. The number of carbonyl (C=O) groups is 1. The van der Waals surface area contributed by atoms with E-state index < -0.39 is 11.6 Å². The molecule has 1 fully saturated rings. The van der Waals surface area contributed by atoms with Gasteiger partial charge >= 0.3 is 0 Å². The summed E-state index contributed by atoms with van der Waals surface area (Å²) in [5, 5.41) is 2.41. The first kappa shape index (κ1) is 14.6. The van der Waals surface area contributed by atoms with E-state index in [1.807, 2.05) is 11.4 Å². The molecule has 1 aromatic rings. The van der Waals surface area contributed by atoms with Crippen molar-refractivity contribution in [3.05, 3.63) is 34.4 Å². The van der Waals surface area contributed by atoms with Gasteiger partial charge in [-0.05, 0) is 25.1 Å². The number of benzene rings is 1. The molecule has 0 saturated carbocycles. The molecule has 0 aromatic heterocycles. The molecule has 0 spiro atoms. The quantitative estimate of drug-likeness (QED) is 0.688. The number of nitrogens with one attached hydrogen (secondary N) is 1. The smallest absolute Gasteiger partial charge is 0.238 e. The lowest BCUT2D eigenvalue weighted by molar-refractivity contribution is -0.124. The van der Waals surface area contributed by atoms with Crippen LogP contribution < -0.4 is 5.32 Å².